The van der Waals surface area contributed by atoms with Crippen molar-refractivity contribution < 1.29 is 19.3 Å². The number of nitrogens with zero attached hydrogens (tertiary/aromatic N) is 3. The Labute approximate surface area is 141 Å². The molecule has 132 valence electrons. The highest BCUT2D eigenvalue weighted by Crippen LogP contribution is 2.26. The molecule has 0 aromatic heterocycles. The quantitative estimate of drug-likeness (QED) is 0.629. The van der Waals surface area contributed by atoms with Crippen LogP contribution in [-0.2, 0) is 9.63 Å². The first-order valence-electron chi connectivity index (χ1n) is 7.82. The van der Waals surface area contributed by atoms with Crippen LogP contribution in [0.2, 0.25) is 0 Å². The number of carbonyl (C=O) groups is 1. The van der Waals surface area contributed by atoms with Crippen molar-refractivity contribution in [3.05, 3.63) is 29.2 Å². The molecule has 0 radical (unpaired) electrons. The Morgan fingerprint density at radius 1 is 1.38 bits per heavy atom. The first kappa shape index (κ1) is 18.0. The summed E-state index contributed by atoms with van der Waals surface area (Å²) in [5.41, 5.74) is 2.66. The van der Waals surface area contributed by atoms with Crippen molar-refractivity contribution in [1.29, 1.82) is 0 Å². The van der Waals surface area contributed by atoms with Gasteiger partial charge in [-0.3, -0.25) is 4.79 Å². The number of benzene rings is 1. The van der Waals surface area contributed by atoms with E-state index in [0.29, 0.717) is 23.7 Å². The predicted octanol–water partition coefficient (Wildman–Crippen LogP) is 1.66. The summed E-state index contributed by atoms with van der Waals surface area (Å²) in [5.74, 6) is 0.489. The Morgan fingerprint density at radius 3 is 2.71 bits per heavy atom. The molecule has 1 amide bonds. The van der Waals surface area contributed by atoms with Crippen LogP contribution in [0.5, 0.6) is 5.75 Å². The molecule has 0 bridgehead atoms. The van der Waals surface area contributed by atoms with Gasteiger partial charge in [0.15, 0.2) is 6.10 Å². The summed E-state index contributed by atoms with van der Waals surface area (Å²) < 4.78 is 5.18. The number of nitroso groups, excluding NO2 is 1. The number of hydrogen-bond donors (Lipinski definition) is 1. The van der Waals surface area contributed by atoms with Crippen LogP contribution in [0, 0.1) is 4.91 Å². The van der Waals surface area contributed by atoms with E-state index in [1.807, 2.05) is 39.0 Å². The summed E-state index contributed by atoms with van der Waals surface area (Å²) >= 11 is 0. The number of anilines is 1. The second kappa shape index (κ2) is 7.04. The van der Waals surface area contributed by atoms with Crippen LogP contribution >= 0.6 is 0 Å². The fraction of sp³-hybridized carbons (Fsp3) is 0.562. The first-order chi connectivity index (χ1) is 11.2. The Balaban J connectivity index is 1.95. The van der Waals surface area contributed by atoms with Gasteiger partial charge in [-0.05, 0) is 32.9 Å². The predicted molar refractivity (Wildman–Crippen MR) is 89.1 cm³/mol. The standard InChI is InChI=1S/C16H25N4O4/c1-16(2,3)18(4)20(22)17-24-14-9-10-19(15(14)21)12-7-6-8-13(11-12)23-5/h6-8,11,14H,9-10H2,1-5H3,(H,17,22)/q+1. The Bertz CT molecular complexity index is 614. The van der Waals surface area contributed by atoms with Gasteiger partial charge in [-0.25, -0.2) is 4.84 Å². The van der Waals surface area contributed by atoms with Crippen LogP contribution in [0.3, 0.4) is 0 Å². The van der Waals surface area contributed by atoms with Gasteiger partial charge in [-0.15, -0.1) is 5.01 Å². The number of methoxy groups -OCH3 is 1. The topological polar surface area (TPSA) is 74.1 Å². The molecule has 1 aliphatic heterocycles. The van der Waals surface area contributed by atoms with Gasteiger partial charge in [0, 0.05) is 30.3 Å². The van der Waals surface area contributed by atoms with Gasteiger partial charge in [-0.2, -0.15) is 0 Å². The third kappa shape index (κ3) is 3.94. The van der Waals surface area contributed by atoms with Crippen molar-refractivity contribution in [2.75, 3.05) is 25.6 Å². The van der Waals surface area contributed by atoms with Crippen LogP contribution in [0.25, 0.3) is 0 Å². The molecular weight excluding hydrogens is 312 g/mol. The van der Waals surface area contributed by atoms with Crippen molar-refractivity contribution in [2.45, 2.75) is 38.8 Å². The highest BCUT2D eigenvalue weighted by Gasteiger charge is 2.37. The highest BCUT2D eigenvalue weighted by molar-refractivity contribution is 5.98. The monoisotopic (exact) mass is 337 g/mol. The van der Waals surface area contributed by atoms with Crippen LogP contribution in [0.1, 0.15) is 27.2 Å². The average molecular weight is 337 g/mol. The van der Waals surface area contributed by atoms with E-state index >= 15 is 0 Å². The van der Waals surface area contributed by atoms with Gasteiger partial charge in [0.1, 0.15) is 5.75 Å². The minimum absolute atomic E-state index is 0.192. The molecule has 8 heteroatoms. The van der Waals surface area contributed by atoms with Crippen LogP contribution < -0.4 is 15.2 Å². The molecule has 1 aliphatic rings. The first-order valence-corrected chi connectivity index (χ1v) is 7.82. The van der Waals surface area contributed by atoms with Crippen molar-refractivity contribution >= 4 is 11.6 Å². The van der Waals surface area contributed by atoms with E-state index in [9.17, 15) is 9.70 Å². The molecule has 0 saturated carbocycles. The summed E-state index contributed by atoms with van der Waals surface area (Å²) in [6.45, 7) is 6.20. The van der Waals surface area contributed by atoms with E-state index in [0.717, 1.165) is 5.69 Å². The van der Waals surface area contributed by atoms with Crippen molar-refractivity contribution in [3.8, 4) is 5.75 Å². The lowest BCUT2D eigenvalue weighted by Crippen LogP contribution is -2.50. The van der Waals surface area contributed by atoms with E-state index in [1.54, 1.807) is 25.1 Å². The van der Waals surface area contributed by atoms with Gasteiger partial charge in [0.2, 0.25) is 0 Å². The number of carbonyl (C=O) groups excluding carboxylic acids is 1. The molecule has 2 rings (SSSR count). The van der Waals surface area contributed by atoms with Crippen molar-refractivity contribution in [1.82, 2.24) is 10.6 Å². The van der Waals surface area contributed by atoms with E-state index in [-0.39, 0.29) is 11.4 Å². The van der Waals surface area contributed by atoms with Gasteiger partial charge >= 0.3 is 0 Å². The van der Waals surface area contributed by atoms with E-state index < -0.39 is 6.10 Å². The van der Waals surface area contributed by atoms with Crippen molar-refractivity contribution in [3.63, 3.8) is 0 Å². The second-order valence-corrected chi connectivity index (χ2v) is 6.65. The Kier molecular flexibility index (Phi) is 5.28. The molecule has 1 atom stereocenters. The van der Waals surface area contributed by atoms with Crippen molar-refractivity contribution in [2.24, 2.45) is 0 Å². The van der Waals surface area contributed by atoms with Gasteiger partial charge in [0.05, 0.1) is 24.6 Å². The largest absolute Gasteiger partial charge is 0.497 e. The fourth-order valence-electron chi connectivity index (χ4n) is 2.24. The van der Waals surface area contributed by atoms with Gasteiger partial charge in [0.25, 0.3) is 10.9 Å². The number of nitrogens with one attached hydrogen (secondary N) is 1. The molecule has 1 aromatic rings. The number of amides is 1. The van der Waals surface area contributed by atoms with Crippen LogP contribution in [0.15, 0.2) is 24.3 Å². The lowest BCUT2D eigenvalue weighted by Gasteiger charge is -2.23. The fourth-order valence-corrected chi connectivity index (χ4v) is 2.24. The summed E-state index contributed by atoms with van der Waals surface area (Å²) in [4.78, 5) is 31.8. The molecule has 1 unspecified atom stereocenters. The Morgan fingerprint density at radius 2 is 2.08 bits per heavy atom. The summed E-state index contributed by atoms with van der Waals surface area (Å²) in [6, 6.07) is 7.27. The molecular formula is C16H25N4O4+. The number of rotatable bonds is 6. The minimum Gasteiger partial charge on any atom is -0.497 e. The lowest BCUT2D eigenvalue weighted by atomic mass is 10.1. The molecule has 0 spiro atoms. The third-order valence-corrected chi connectivity index (χ3v) is 4.04. The highest BCUT2D eigenvalue weighted by atomic mass is 16.7. The molecule has 1 N–H and O–H groups in total. The Hall–Kier alpha value is -2.35. The van der Waals surface area contributed by atoms with E-state index in [4.69, 9.17) is 9.57 Å². The van der Waals surface area contributed by atoms with E-state index in [2.05, 4.69) is 5.59 Å². The molecule has 0 aliphatic carbocycles. The van der Waals surface area contributed by atoms with Gasteiger partial charge < -0.3 is 9.64 Å². The second-order valence-electron chi connectivity index (χ2n) is 6.65. The maximum atomic E-state index is 12.5. The number of hydrazine groups is 2. The van der Waals surface area contributed by atoms with Gasteiger partial charge in [-0.1, -0.05) is 6.07 Å². The minimum atomic E-state index is -0.707. The molecule has 8 nitrogen and oxygen atoms in total. The number of hydrogen-bond acceptors (Lipinski definition) is 4. The van der Waals surface area contributed by atoms with Crippen LogP contribution in [0.4, 0.5) is 5.69 Å². The zero-order chi connectivity index (χ0) is 17.9. The maximum Gasteiger partial charge on any atom is 0.274 e. The lowest BCUT2D eigenvalue weighted by molar-refractivity contribution is -0.796. The molecule has 1 fully saturated rings. The molecule has 1 heterocycles. The average Bonchev–Trinajstić information content (AvgIpc) is 2.91. The maximum absolute atomic E-state index is 12.5. The third-order valence-electron chi connectivity index (χ3n) is 4.04. The molecule has 1 saturated heterocycles. The van der Waals surface area contributed by atoms with E-state index in [1.165, 1.54) is 5.01 Å². The summed E-state index contributed by atoms with van der Waals surface area (Å²) in [5, 5.41) is 1.44. The summed E-state index contributed by atoms with van der Waals surface area (Å²) in [6.07, 6.45) is -0.211. The number of ether oxygens (including phenoxy) is 1. The summed E-state index contributed by atoms with van der Waals surface area (Å²) in [7, 11) is 3.22. The zero-order valence-corrected chi connectivity index (χ0v) is 14.8. The smallest absolute Gasteiger partial charge is 0.274 e. The molecule has 24 heavy (non-hydrogen) atoms. The van der Waals surface area contributed by atoms with Crippen LogP contribution in [-0.4, -0.2) is 48.2 Å². The SMILES string of the molecule is COc1cccc(N2CCC(ON[N+](=O)N(C)C(C)(C)C)C2=O)c1. The zero-order valence-electron chi connectivity index (χ0n) is 14.8. The molecule has 1 aromatic carbocycles. The normalized spacial score (nSPS) is 17.8.